The molecule has 0 bridgehead atoms. The summed E-state index contributed by atoms with van der Waals surface area (Å²) in [5.41, 5.74) is 2.61. The molecule has 1 rings (SSSR count). The van der Waals surface area contributed by atoms with Gasteiger partial charge in [0.05, 0.1) is 0 Å². The first-order valence-corrected chi connectivity index (χ1v) is 6.65. The van der Waals surface area contributed by atoms with E-state index < -0.39 is 0 Å². The number of rotatable bonds is 8. The molecule has 0 saturated carbocycles. The van der Waals surface area contributed by atoms with Crippen LogP contribution in [0.4, 0.5) is 0 Å². The Hall–Kier alpha value is -1.35. The van der Waals surface area contributed by atoms with Gasteiger partial charge in [0.1, 0.15) is 0 Å². The summed E-state index contributed by atoms with van der Waals surface area (Å²) in [5, 5.41) is 11.4. The minimum atomic E-state index is 0.0901. The molecule has 3 nitrogen and oxygen atoms in total. The van der Waals surface area contributed by atoms with Crippen molar-refractivity contribution in [3.05, 3.63) is 35.4 Å². The van der Waals surface area contributed by atoms with Gasteiger partial charge in [-0.1, -0.05) is 29.8 Å². The number of carbonyl (C=O) groups excluding carboxylic acids is 1. The number of aryl methyl sites for hydroxylation is 2. The Labute approximate surface area is 109 Å². The number of benzene rings is 1. The van der Waals surface area contributed by atoms with Gasteiger partial charge in [-0.05, 0) is 38.2 Å². The van der Waals surface area contributed by atoms with Gasteiger partial charge in [0.25, 0.3) is 0 Å². The van der Waals surface area contributed by atoms with E-state index in [1.165, 1.54) is 11.1 Å². The highest BCUT2D eigenvalue weighted by Gasteiger charge is 2.00. The maximum absolute atomic E-state index is 11.4. The lowest BCUT2D eigenvalue weighted by atomic mass is 10.1. The van der Waals surface area contributed by atoms with Crippen LogP contribution in [0.3, 0.4) is 0 Å². The third-order valence-electron chi connectivity index (χ3n) is 2.90. The zero-order chi connectivity index (χ0) is 13.2. The molecule has 1 aromatic rings. The van der Waals surface area contributed by atoms with Gasteiger partial charge in [0.2, 0.25) is 5.91 Å². The molecular formula is C15H23NO2. The number of nitrogens with one attached hydrogen (secondary N) is 1. The van der Waals surface area contributed by atoms with Gasteiger partial charge >= 0.3 is 0 Å². The van der Waals surface area contributed by atoms with Crippen LogP contribution in [0, 0.1) is 6.92 Å². The number of aliphatic hydroxyl groups is 1. The molecule has 0 radical (unpaired) electrons. The monoisotopic (exact) mass is 249 g/mol. The van der Waals surface area contributed by atoms with Crippen LogP contribution in [-0.4, -0.2) is 24.2 Å². The Balaban J connectivity index is 2.07. The van der Waals surface area contributed by atoms with Crippen molar-refractivity contribution in [2.75, 3.05) is 13.2 Å². The summed E-state index contributed by atoms with van der Waals surface area (Å²) in [6.45, 7) is 2.79. The highest BCUT2D eigenvalue weighted by atomic mass is 16.3. The summed E-state index contributed by atoms with van der Waals surface area (Å²) in [6.07, 6.45) is 4.20. The van der Waals surface area contributed by atoms with E-state index in [2.05, 4.69) is 36.5 Å². The molecule has 0 fully saturated rings. The van der Waals surface area contributed by atoms with Crippen molar-refractivity contribution in [1.82, 2.24) is 5.32 Å². The molecule has 0 atom stereocenters. The molecule has 0 spiro atoms. The fourth-order valence-electron chi connectivity index (χ4n) is 1.76. The second kappa shape index (κ2) is 8.70. The second-order valence-electron chi connectivity index (χ2n) is 4.62. The Morgan fingerprint density at radius 2 is 1.89 bits per heavy atom. The van der Waals surface area contributed by atoms with Crippen molar-refractivity contribution in [2.24, 2.45) is 0 Å². The van der Waals surface area contributed by atoms with Gasteiger partial charge < -0.3 is 10.4 Å². The predicted molar refractivity (Wildman–Crippen MR) is 73.4 cm³/mol. The van der Waals surface area contributed by atoms with Crippen molar-refractivity contribution in [3.8, 4) is 0 Å². The SMILES string of the molecule is Cc1ccc(CCCCC(=O)NCCCO)cc1. The normalized spacial score (nSPS) is 10.3. The summed E-state index contributed by atoms with van der Waals surface area (Å²) in [5.74, 6) is 0.0901. The third-order valence-corrected chi connectivity index (χ3v) is 2.90. The van der Waals surface area contributed by atoms with Crippen molar-refractivity contribution in [1.29, 1.82) is 0 Å². The number of carbonyl (C=O) groups is 1. The minimum absolute atomic E-state index is 0.0901. The lowest BCUT2D eigenvalue weighted by Gasteiger charge is -2.04. The van der Waals surface area contributed by atoms with Gasteiger partial charge in [-0.3, -0.25) is 4.79 Å². The molecular weight excluding hydrogens is 226 g/mol. The zero-order valence-electron chi connectivity index (χ0n) is 11.1. The Morgan fingerprint density at radius 3 is 2.56 bits per heavy atom. The lowest BCUT2D eigenvalue weighted by Crippen LogP contribution is -2.24. The second-order valence-corrected chi connectivity index (χ2v) is 4.62. The standard InChI is InChI=1S/C15H23NO2/c1-13-7-9-14(10-8-13)5-2-3-6-15(18)16-11-4-12-17/h7-10,17H,2-6,11-12H2,1H3,(H,16,18). The Kier molecular flexibility index (Phi) is 7.11. The smallest absolute Gasteiger partial charge is 0.219 e. The van der Waals surface area contributed by atoms with Crippen LogP contribution in [0.15, 0.2) is 24.3 Å². The molecule has 0 heterocycles. The average molecular weight is 249 g/mol. The van der Waals surface area contributed by atoms with E-state index in [1.807, 2.05) is 0 Å². The van der Waals surface area contributed by atoms with E-state index in [-0.39, 0.29) is 12.5 Å². The molecule has 0 unspecified atom stereocenters. The topological polar surface area (TPSA) is 49.3 Å². The summed E-state index contributed by atoms with van der Waals surface area (Å²) >= 11 is 0. The van der Waals surface area contributed by atoms with Crippen molar-refractivity contribution in [2.45, 2.75) is 39.0 Å². The van der Waals surface area contributed by atoms with E-state index in [0.717, 1.165) is 19.3 Å². The summed E-state index contributed by atoms with van der Waals surface area (Å²) < 4.78 is 0. The maximum atomic E-state index is 11.4. The Bertz CT molecular complexity index is 346. The first-order valence-electron chi connectivity index (χ1n) is 6.65. The molecule has 0 aliphatic rings. The molecule has 0 aromatic heterocycles. The van der Waals surface area contributed by atoms with E-state index in [0.29, 0.717) is 19.4 Å². The van der Waals surface area contributed by atoms with Gasteiger partial charge in [-0.2, -0.15) is 0 Å². The van der Waals surface area contributed by atoms with Gasteiger partial charge in [-0.25, -0.2) is 0 Å². The van der Waals surface area contributed by atoms with Gasteiger partial charge in [0.15, 0.2) is 0 Å². The first kappa shape index (κ1) is 14.7. The molecule has 100 valence electrons. The van der Waals surface area contributed by atoms with Crippen molar-refractivity contribution in [3.63, 3.8) is 0 Å². The van der Waals surface area contributed by atoms with Gasteiger partial charge in [0, 0.05) is 19.6 Å². The van der Waals surface area contributed by atoms with E-state index in [1.54, 1.807) is 0 Å². The zero-order valence-corrected chi connectivity index (χ0v) is 11.1. The molecule has 3 heteroatoms. The summed E-state index contributed by atoms with van der Waals surface area (Å²) in [7, 11) is 0. The highest BCUT2D eigenvalue weighted by Crippen LogP contribution is 2.08. The van der Waals surface area contributed by atoms with E-state index in [9.17, 15) is 4.79 Å². The molecule has 0 aliphatic carbocycles. The number of hydrogen-bond donors (Lipinski definition) is 2. The minimum Gasteiger partial charge on any atom is -0.396 e. The summed E-state index contributed by atoms with van der Waals surface area (Å²) in [6, 6.07) is 8.54. The number of hydrogen-bond acceptors (Lipinski definition) is 2. The molecule has 2 N–H and O–H groups in total. The van der Waals surface area contributed by atoms with Gasteiger partial charge in [-0.15, -0.1) is 0 Å². The van der Waals surface area contributed by atoms with Crippen LogP contribution in [0.2, 0.25) is 0 Å². The molecule has 18 heavy (non-hydrogen) atoms. The van der Waals surface area contributed by atoms with Crippen LogP contribution in [0.5, 0.6) is 0 Å². The van der Waals surface area contributed by atoms with Crippen molar-refractivity contribution < 1.29 is 9.90 Å². The van der Waals surface area contributed by atoms with E-state index >= 15 is 0 Å². The molecule has 0 aliphatic heterocycles. The maximum Gasteiger partial charge on any atom is 0.219 e. The molecule has 0 saturated heterocycles. The van der Waals surface area contributed by atoms with Crippen LogP contribution in [0.25, 0.3) is 0 Å². The average Bonchev–Trinajstić information content (AvgIpc) is 2.37. The quantitative estimate of drug-likeness (QED) is 0.694. The van der Waals surface area contributed by atoms with Crippen LogP contribution < -0.4 is 5.32 Å². The Morgan fingerprint density at radius 1 is 1.17 bits per heavy atom. The fourth-order valence-corrected chi connectivity index (χ4v) is 1.76. The van der Waals surface area contributed by atoms with E-state index in [4.69, 9.17) is 5.11 Å². The molecule has 1 amide bonds. The molecule has 1 aromatic carbocycles. The first-order chi connectivity index (χ1) is 8.72. The predicted octanol–water partition coefficient (Wildman–Crippen LogP) is 2.21. The fraction of sp³-hybridized carbons (Fsp3) is 0.533. The lowest BCUT2D eigenvalue weighted by molar-refractivity contribution is -0.121. The van der Waals surface area contributed by atoms with Crippen LogP contribution in [-0.2, 0) is 11.2 Å². The largest absolute Gasteiger partial charge is 0.396 e. The van der Waals surface area contributed by atoms with Crippen molar-refractivity contribution >= 4 is 5.91 Å². The van der Waals surface area contributed by atoms with Crippen LogP contribution in [0.1, 0.15) is 36.8 Å². The number of unbranched alkanes of at least 4 members (excludes halogenated alkanes) is 1. The third kappa shape index (κ3) is 6.40. The van der Waals surface area contributed by atoms with Crippen LogP contribution >= 0.6 is 0 Å². The number of amides is 1. The highest BCUT2D eigenvalue weighted by molar-refractivity contribution is 5.75. The number of aliphatic hydroxyl groups excluding tert-OH is 1. The summed E-state index contributed by atoms with van der Waals surface area (Å²) in [4.78, 5) is 11.4.